The first-order valence-electron chi connectivity index (χ1n) is 8.70. The molecule has 1 amide bonds. The number of hydrazine groups is 1. The van der Waals surface area contributed by atoms with E-state index in [9.17, 15) is 9.18 Å². The zero-order chi connectivity index (χ0) is 17.2. The molecule has 3 heterocycles. The molecule has 1 aromatic heterocycles. The predicted molar refractivity (Wildman–Crippen MR) is 92.4 cm³/mol. The van der Waals surface area contributed by atoms with Crippen LogP contribution in [0.1, 0.15) is 34.8 Å². The fourth-order valence-corrected chi connectivity index (χ4v) is 4.01. The number of halogens is 1. The van der Waals surface area contributed by atoms with Gasteiger partial charge in [-0.1, -0.05) is 24.3 Å². The zero-order valence-corrected chi connectivity index (χ0v) is 13.9. The molecular weight excluding hydrogens is 319 g/mol. The minimum absolute atomic E-state index is 0.0108. The van der Waals surface area contributed by atoms with Gasteiger partial charge in [-0.05, 0) is 36.6 Å². The van der Waals surface area contributed by atoms with Gasteiger partial charge in [0.1, 0.15) is 11.5 Å². The van der Waals surface area contributed by atoms with Crippen LogP contribution in [0.15, 0.2) is 48.7 Å². The first-order valence-corrected chi connectivity index (χ1v) is 8.70. The van der Waals surface area contributed by atoms with Crippen molar-refractivity contribution in [2.45, 2.75) is 30.8 Å². The van der Waals surface area contributed by atoms with Gasteiger partial charge >= 0.3 is 0 Å². The number of carbonyl (C=O) groups is 1. The highest BCUT2D eigenvalue weighted by Gasteiger charge is 2.42. The number of pyridine rings is 1. The minimum atomic E-state index is -0.191. The molecule has 0 spiro atoms. The standard InChI is InChI=1S/C19H21FN4O/c20-15-7-2-1-6-13(15)14-12-22-23-18(14)17-9-5-11-24(17)19(25)16-8-3-4-10-21-16/h1-4,6-8,10,14,17-18,22-23H,5,9,11-12H2. The fourth-order valence-electron chi connectivity index (χ4n) is 4.01. The maximum atomic E-state index is 14.3. The van der Waals surface area contributed by atoms with Crippen molar-refractivity contribution in [3.8, 4) is 0 Å². The van der Waals surface area contributed by atoms with Crippen LogP contribution in [0.5, 0.6) is 0 Å². The molecule has 3 atom stereocenters. The largest absolute Gasteiger partial charge is 0.333 e. The van der Waals surface area contributed by atoms with Crippen LogP contribution < -0.4 is 10.9 Å². The summed E-state index contributed by atoms with van der Waals surface area (Å²) >= 11 is 0. The molecule has 2 aliphatic heterocycles. The van der Waals surface area contributed by atoms with Crippen LogP contribution in [0.2, 0.25) is 0 Å². The average Bonchev–Trinajstić information content (AvgIpc) is 3.31. The van der Waals surface area contributed by atoms with E-state index in [0.29, 0.717) is 24.3 Å². The molecule has 25 heavy (non-hydrogen) atoms. The van der Waals surface area contributed by atoms with Gasteiger partial charge < -0.3 is 4.90 Å². The molecule has 6 heteroatoms. The molecule has 0 radical (unpaired) electrons. The Labute approximate surface area is 146 Å². The molecule has 4 rings (SSSR count). The molecule has 0 aliphatic carbocycles. The van der Waals surface area contributed by atoms with E-state index in [4.69, 9.17) is 0 Å². The normalized spacial score (nSPS) is 26.1. The Bertz CT molecular complexity index is 754. The van der Waals surface area contributed by atoms with Crippen LogP contribution in [-0.4, -0.2) is 41.0 Å². The van der Waals surface area contributed by atoms with E-state index in [1.807, 2.05) is 23.1 Å². The van der Waals surface area contributed by atoms with Crippen molar-refractivity contribution in [2.24, 2.45) is 0 Å². The Hall–Kier alpha value is -2.31. The van der Waals surface area contributed by atoms with Crippen molar-refractivity contribution in [1.82, 2.24) is 20.7 Å². The van der Waals surface area contributed by atoms with Crippen molar-refractivity contribution < 1.29 is 9.18 Å². The van der Waals surface area contributed by atoms with E-state index in [2.05, 4.69) is 15.8 Å². The maximum Gasteiger partial charge on any atom is 0.272 e. The predicted octanol–water partition coefficient (Wildman–Crippen LogP) is 2.09. The van der Waals surface area contributed by atoms with E-state index >= 15 is 0 Å². The van der Waals surface area contributed by atoms with Crippen LogP contribution in [0, 0.1) is 5.82 Å². The van der Waals surface area contributed by atoms with Gasteiger partial charge in [0.25, 0.3) is 5.91 Å². The van der Waals surface area contributed by atoms with E-state index < -0.39 is 0 Å². The summed E-state index contributed by atoms with van der Waals surface area (Å²) in [5, 5.41) is 0. The van der Waals surface area contributed by atoms with Crippen LogP contribution in [0.4, 0.5) is 4.39 Å². The summed E-state index contributed by atoms with van der Waals surface area (Å²) in [7, 11) is 0. The highest BCUT2D eigenvalue weighted by Crippen LogP contribution is 2.33. The number of hydrogen-bond acceptors (Lipinski definition) is 4. The Kier molecular flexibility index (Phi) is 4.46. The highest BCUT2D eigenvalue weighted by molar-refractivity contribution is 5.92. The maximum absolute atomic E-state index is 14.3. The number of nitrogens with zero attached hydrogens (tertiary/aromatic N) is 2. The third kappa shape index (κ3) is 3.03. The SMILES string of the molecule is O=C(c1ccccn1)N1CCCC1C1NNCC1c1ccccc1F. The summed E-state index contributed by atoms with van der Waals surface area (Å²) in [6, 6.07) is 12.3. The van der Waals surface area contributed by atoms with E-state index in [0.717, 1.165) is 12.8 Å². The average molecular weight is 340 g/mol. The summed E-state index contributed by atoms with van der Waals surface area (Å²) in [6.07, 6.45) is 3.49. The van der Waals surface area contributed by atoms with Gasteiger partial charge in [0.05, 0.1) is 0 Å². The lowest BCUT2D eigenvalue weighted by Crippen LogP contribution is -2.50. The van der Waals surface area contributed by atoms with Crippen LogP contribution >= 0.6 is 0 Å². The summed E-state index contributed by atoms with van der Waals surface area (Å²) in [6.45, 7) is 1.36. The molecule has 5 nitrogen and oxygen atoms in total. The molecule has 0 bridgehead atoms. The number of amides is 1. The summed E-state index contributed by atoms with van der Waals surface area (Å²) in [4.78, 5) is 18.9. The molecule has 2 aromatic rings. The lowest BCUT2D eigenvalue weighted by Gasteiger charge is -2.32. The molecule has 3 unspecified atom stereocenters. The second kappa shape index (κ2) is 6.90. The van der Waals surface area contributed by atoms with Gasteiger partial charge in [0.2, 0.25) is 0 Å². The summed E-state index contributed by atoms with van der Waals surface area (Å²) < 4.78 is 14.3. The van der Waals surface area contributed by atoms with E-state index in [-0.39, 0.29) is 29.7 Å². The van der Waals surface area contributed by atoms with Crippen molar-refractivity contribution in [1.29, 1.82) is 0 Å². The number of hydrogen-bond donors (Lipinski definition) is 2. The van der Waals surface area contributed by atoms with Gasteiger partial charge in [-0.2, -0.15) is 0 Å². The second-order valence-electron chi connectivity index (χ2n) is 6.60. The third-order valence-electron chi connectivity index (χ3n) is 5.19. The number of carbonyl (C=O) groups excluding carboxylic acids is 1. The number of aromatic nitrogens is 1. The summed E-state index contributed by atoms with van der Waals surface area (Å²) in [5.74, 6) is -0.254. The molecule has 0 saturated carbocycles. The van der Waals surface area contributed by atoms with E-state index in [1.165, 1.54) is 6.07 Å². The molecular formula is C19H21FN4O. The van der Waals surface area contributed by atoms with Crippen LogP contribution in [0.3, 0.4) is 0 Å². The monoisotopic (exact) mass is 340 g/mol. The molecule has 2 fully saturated rings. The zero-order valence-electron chi connectivity index (χ0n) is 13.9. The van der Waals surface area contributed by atoms with Gasteiger partial charge in [-0.15, -0.1) is 0 Å². The van der Waals surface area contributed by atoms with Gasteiger partial charge in [0, 0.05) is 37.3 Å². The number of likely N-dealkylation sites (tertiary alicyclic amines) is 1. The number of nitrogens with one attached hydrogen (secondary N) is 2. The Balaban J connectivity index is 1.59. The molecule has 1 aromatic carbocycles. The molecule has 130 valence electrons. The lowest BCUT2D eigenvalue weighted by atomic mass is 9.87. The Morgan fingerprint density at radius 2 is 2.04 bits per heavy atom. The fraction of sp³-hybridized carbons (Fsp3) is 0.368. The van der Waals surface area contributed by atoms with E-state index in [1.54, 1.807) is 24.4 Å². The van der Waals surface area contributed by atoms with Crippen LogP contribution in [0.25, 0.3) is 0 Å². The third-order valence-corrected chi connectivity index (χ3v) is 5.19. The van der Waals surface area contributed by atoms with Crippen molar-refractivity contribution >= 4 is 5.91 Å². The summed E-state index contributed by atoms with van der Waals surface area (Å²) in [5.41, 5.74) is 7.59. The van der Waals surface area contributed by atoms with Crippen molar-refractivity contribution in [3.05, 3.63) is 65.7 Å². The second-order valence-corrected chi connectivity index (χ2v) is 6.60. The van der Waals surface area contributed by atoms with Gasteiger partial charge in [0.15, 0.2) is 0 Å². The first-order chi connectivity index (χ1) is 12.3. The Morgan fingerprint density at radius 3 is 2.84 bits per heavy atom. The van der Waals surface area contributed by atoms with Crippen molar-refractivity contribution in [2.75, 3.05) is 13.1 Å². The van der Waals surface area contributed by atoms with Crippen molar-refractivity contribution in [3.63, 3.8) is 0 Å². The van der Waals surface area contributed by atoms with Crippen LogP contribution in [-0.2, 0) is 0 Å². The first kappa shape index (κ1) is 16.2. The molecule has 2 N–H and O–H groups in total. The van der Waals surface area contributed by atoms with Gasteiger partial charge in [-0.25, -0.2) is 4.39 Å². The molecule has 2 aliphatic rings. The Morgan fingerprint density at radius 1 is 1.20 bits per heavy atom. The van der Waals surface area contributed by atoms with Gasteiger partial charge in [-0.3, -0.25) is 20.6 Å². The lowest BCUT2D eigenvalue weighted by molar-refractivity contribution is 0.0698. The smallest absolute Gasteiger partial charge is 0.272 e. The quantitative estimate of drug-likeness (QED) is 0.898. The highest BCUT2D eigenvalue weighted by atomic mass is 19.1. The number of rotatable bonds is 3. The topological polar surface area (TPSA) is 57.3 Å². The minimum Gasteiger partial charge on any atom is -0.333 e. The number of benzene rings is 1. The molecule has 2 saturated heterocycles.